The van der Waals surface area contributed by atoms with Gasteiger partial charge in [-0.1, -0.05) is 30.3 Å². The minimum absolute atomic E-state index is 0.636. The van der Waals surface area contributed by atoms with E-state index in [2.05, 4.69) is 42.6 Å². The summed E-state index contributed by atoms with van der Waals surface area (Å²) < 4.78 is 0. The second-order valence-electron chi connectivity index (χ2n) is 5.89. The number of imidazole rings is 1. The molecule has 2 aromatic heterocycles. The number of aromatic amines is 2. The van der Waals surface area contributed by atoms with E-state index in [1.165, 1.54) is 0 Å². The van der Waals surface area contributed by atoms with Gasteiger partial charge in [0.1, 0.15) is 5.82 Å². The number of guanidine groups is 1. The Morgan fingerprint density at radius 3 is 2.72 bits per heavy atom. The normalized spacial score (nSPS) is 11.6. The van der Waals surface area contributed by atoms with Gasteiger partial charge in [0.05, 0.1) is 24.6 Å². The van der Waals surface area contributed by atoms with Crippen LogP contribution in [0.4, 0.5) is 0 Å². The first kappa shape index (κ1) is 16.8. The third-order valence-electron chi connectivity index (χ3n) is 4.04. The lowest BCUT2D eigenvalue weighted by Crippen LogP contribution is -2.38. The highest BCUT2D eigenvalue weighted by atomic mass is 15.3. The molecule has 0 bridgehead atoms. The van der Waals surface area contributed by atoms with Crippen LogP contribution >= 0.6 is 0 Å². The molecule has 0 aliphatic rings. The van der Waals surface area contributed by atoms with Crippen molar-refractivity contribution in [1.82, 2.24) is 30.4 Å². The maximum absolute atomic E-state index is 4.48. The smallest absolute Gasteiger partial charge is 0.194 e. The van der Waals surface area contributed by atoms with Gasteiger partial charge in [0.2, 0.25) is 0 Å². The number of aryl methyl sites for hydroxylation is 1. The van der Waals surface area contributed by atoms with E-state index in [4.69, 9.17) is 0 Å². The summed E-state index contributed by atoms with van der Waals surface area (Å²) in [5, 5.41) is 10.3. The summed E-state index contributed by atoms with van der Waals surface area (Å²) in [6.07, 6.45) is 3.69. The average molecular weight is 337 g/mol. The summed E-state index contributed by atoms with van der Waals surface area (Å²) in [6, 6.07) is 10.2. The number of hydrogen-bond acceptors (Lipinski definition) is 3. The van der Waals surface area contributed by atoms with Gasteiger partial charge in [-0.05, 0) is 12.5 Å². The molecule has 130 valence electrons. The fourth-order valence-corrected chi connectivity index (χ4v) is 2.62. The highest BCUT2D eigenvalue weighted by molar-refractivity contribution is 5.79. The van der Waals surface area contributed by atoms with Gasteiger partial charge in [0.25, 0.3) is 0 Å². The molecule has 3 rings (SSSR count). The predicted octanol–water partition coefficient (Wildman–Crippen LogP) is 2.32. The lowest BCUT2D eigenvalue weighted by Gasteiger charge is -2.21. The maximum atomic E-state index is 4.48. The minimum atomic E-state index is 0.636. The second-order valence-corrected chi connectivity index (χ2v) is 5.89. The van der Waals surface area contributed by atoms with Gasteiger partial charge < -0.3 is 15.2 Å². The first-order valence-corrected chi connectivity index (χ1v) is 8.17. The highest BCUT2D eigenvalue weighted by Crippen LogP contribution is 2.16. The van der Waals surface area contributed by atoms with Crippen LogP contribution in [0.5, 0.6) is 0 Å². The van der Waals surface area contributed by atoms with E-state index in [1.807, 2.05) is 49.5 Å². The molecular formula is C18H23N7. The van der Waals surface area contributed by atoms with E-state index in [0.717, 1.165) is 34.3 Å². The Balaban J connectivity index is 1.61. The lowest BCUT2D eigenvalue weighted by atomic mass is 10.2. The van der Waals surface area contributed by atoms with E-state index >= 15 is 0 Å². The number of aromatic nitrogens is 4. The van der Waals surface area contributed by atoms with Crippen LogP contribution in [-0.2, 0) is 13.1 Å². The van der Waals surface area contributed by atoms with E-state index in [1.54, 1.807) is 7.05 Å². The van der Waals surface area contributed by atoms with Gasteiger partial charge in [0, 0.05) is 31.9 Å². The van der Waals surface area contributed by atoms with Crippen LogP contribution in [0, 0.1) is 6.92 Å². The standard InChI is InChI=1S/C18H23N7/c1-13-15(10-22-24-13)9-21-18(19-2)25(3)12-17-20-11-16(23-17)14-7-5-4-6-8-14/h4-8,10-11H,9,12H2,1-3H3,(H,19,21)(H,20,23)(H,22,24). The van der Waals surface area contributed by atoms with Crippen molar-refractivity contribution in [3.8, 4) is 11.3 Å². The summed E-state index contributed by atoms with van der Waals surface area (Å²) in [5.41, 5.74) is 4.32. The fourth-order valence-electron chi connectivity index (χ4n) is 2.62. The lowest BCUT2D eigenvalue weighted by molar-refractivity contribution is 0.464. The van der Waals surface area contributed by atoms with Crippen molar-refractivity contribution in [3.05, 3.63) is 59.8 Å². The van der Waals surface area contributed by atoms with Gasteiger partial charge in [-0.25, -0.2) is 4.98 Å². The molecule has 0 amide bonds. The molecule has 25 heavy (non-hydrogen) atoms. The minimum Gasteiger partial charge on any atom is -0.352 e. The Bertz CT molecular complexity index is 832. The van der Waals surface area contributed by atoms with Gasteiger partial charge in [-0.3, -0.25) is 10.1 Å². The molecule has 1 aromatic carbocycles. The molecule has 0 fully saturated rings. The zero-order chi connectivity index (χ0) is 17.6. The Morgan fingerprint density at radius 2 is 2.04 bits per heavy atom. The Kier molecular flexibility index (Phi) is 5.13. The largest absolute Gasteiger partial charge is 0.352 e. The molecular weight excluding hydrogens is 314 g/mol. The van der Waals surface area contributed by atoms with Crippen LogP contribution in [0.2, 0.25) is 0 Å². The molecule has 0 saturated carbocycles. The predicted molar refractivity (Wildman–Crippen MR) is 99.0 cm³/mol. The number of nitrogens with zero attached hydrogens (tertiary/aromatic N) is 4. The average Bonchev–Trinajstić information content (AvgIpc) is 3.25. The van der Waals surface area contributed by atoms with E-state index in [-0.39, 0.29) is 0 Å². The molecule has 0 radical (unpaired) electrons. The van der Waals surface area contributed by atoms with Crippen molar-refractivity contribution in [2.75, 3.05) is 14.1 Å². The second kappa shape index (κ2) is 7.65. The van der Waals surface area contributed by atoms with Gasteiger partial charge >= 0.3 is 0 Å². The van der Waals surface area contributed by atoms with Gasteiger partial charge in [-0.15, -0.1) is 0 Å². The zero-order valence-corrected chi connectivity index (χ0v) is 14.7. The van der Waals surface area contributed by atoms with Gasteiger partial charge in [-0.2, -0.15) is 5.10 Å². The van der Waals surface area contributed by atoms with Crippen molar-refractivity contribution in [3.63, 3.8) is 0 Å². The van der Waals surface area contributed by atoms with Gasteiger partial charge in [0.15, 0.2) is 5.96 Å². The SMILES string of the molecule is CN=C(NCc1cn[nH]c1C)N(C)Cc1ncc(-c2ccccc2)[nH]1. The third-order valence-corrected chi connectivity index (χ3v) is 4.04. The van der Waals surface area contributed by atoms with Crippen LogP contribution in [0.1, 0.15) is 17.1 Å². The molecule has 0 atom stereocenters. The summed E-state index contributed by atoms with van der Waals surface area (Å²) in [7, 11) is 3.76. The van der Waals surface area contributed by atoms with E-state index in [0.29, 0.717) is 13.1 Å². The number of hydrogen-bond donors (Lipinski definition) is 3. The third kappa shape index (κ3) is 4.06. The van der Waals surface area contributed by atoms with Crippen LogP contribution in [-0.4, -0.2) is 45.1 Å². The molecule has 0 spiro atoms. The fraction of sp³-hybridized carbons (Fsp3) is 0.278. The van der Waals surface area contributed by atoms with Crippen molar-refractivity contribution >= 4 is 5.96 Å². The summed E-state index contributed by atoms with van der Waals surface area (Å²) in [5.74, 6) is 1.70. The molecule has 0 aliphatic carbocycles. The number of benzene rings is 1. The van der Waals surface area contributed by atoms with Crippen molar-refractivity contribution in [2.45, 2.75) is 20.0 Å². The van der Waals surface area contributed by atoms with Crippen molar-refractivity contribution in [1.29, 1.82) is 0 Å². The molecule has 0 saturated heterocycles. The monoisotopic (exact) mass is 337 g/mol. The van der Waals surface area contributed by atoms with Crippen LogP contribution < -0.4 is 5.32 Å². The van der Waals surface area contributed by atoms with Crippen LogP contribution in [0.3, 0.4) is 0 Å². The van der Waals surface area contributed by atoms with E-state index in [9.17, 15) is 0 Å². The van der Waals surface area contributed by atoms with Crippen LogP contribution in [0.25, 0.3) is 11.3 Å². The zero-order valence-electron chi connectivity index (χ0n) is 14.7. The Hall–Kier alpha value is -3.09. The Morgan fingerprint density at radius 1 is 1.24 bits per heavy atom. The molecule has 0 unspecified atom stereocenters. The summed E-state index contributed by atoms with van der Waals surface area (Å²) >= 11 is 0. The molecule has 3 N–H and O–H groups in total. The summed E-state index contributed by atoms with van der Waals surface area (Å²) in [4.78, 5) is 14.2. The molecule has 2 heterocycles. The molecule has 7 nitrogen and oxygen atoms in total. The quantitative estimate of drug-likeness (QED) is 0.493. The number of H-pyrrole nitrogens is 2. The van der Waals surface area contributed by atoms with Crippen LogP contribution in [0.15, 0.2) is 47.7 Å². The van der Waals surface area contributed by atoms with Crippen molar-refractivity contribution < 1.29 is 0 Å². The topological polar surface area (TPSA) is 85.0 Å². The number of nitrogens with one attached hydrogen (secondary N) is 3. The first-order valence-electron chi connectivity index (χ1n) is 8.17. The van der Waals surface area contributed by atoms with Crippen molar-refractivity contribution in [2.24, 2.45) is 4.99 Å². The highest BCUT2D eigenvalue weighted by Gasteiger charge is 2.10. The number of aliphatic imine (C=N–C) groups is 1. The number of rotatable bonds is 5. The molecule has 3 aromatic rings. The first-order chi connectivity index (χ1) is 12.2. The Labute approximate surface area is 147 Å². The molecule has 7 heteroatoms. The van der Waals surface area contributed by atoms with E-state index < -0.39 is 0 Å². The summed E-state index contributed by atoms with van der Waals surface area (Å²) in [6.45, 7) is 3.31. The molecule has 0 aliphatic heterocycles. The maximum Gasteiger partial charge on any atom is 0.194 e.